The molecule has 0 fully saturated rings. The molecule has 2 aromatic heterocycles. The molecule has 0 bridgehead atoms. The number of hydrogen-bond donors (Lipinski definition) is 8. The number of nitrogens with zero attached hydrogens (tertiary/aromatic N) is 4. The molecular weight excluding hydrogens is 584 g/mol. The summed E-state index contributed by atoms with van der Waals surface area (Å²) >= 11 is 0. The summed E-state index contributed by atoms with van der Waals surface area (Å²) in [6.45, 7) is 0. The lowest BCUT2D eigenvalue weighted by Crippen LogP contribution is -2.03. The zero-order valence-electron chi connectivity index (χ0n) is 21.5. The molecule has 6 aromatic rings. The summed E-state index contributed by atoms with van der Waals surface area (Å²) in [5, 5.41) is 84.7. The van der Waals surface area contributed by atoms with Crippen molar-refractivity contribution in [1.82, 2.24) is 19.9 Å². The third-order valence-electron chi connectivity index (χ3n) is 6.97. The number of fused-ring (bicyclic) bond motifs is 4. The highest BCUT2D eigenvalue weighted by molar-refractivity contribution is 6.15. The van der Waals surface area contributed by atoms with Crippen molar-refractivity contribution in [3.8, 4) is 45.6 Å². The van der Waals surface area contributed by atoms with Crippen LogP contribution in [0.4, 0.5) is 0 Å². The molecule has 0 unspecified atom stereocenters. The monoisotopic (exact) mass is 598 g/mol. The Kier molecular flexibility index (Phi) is 5.81. The predicted molar refractivity (Wildman–Crippen MR) is 148 cm³/mol. The van der Waals surface area contributed by atoms with Gasteiger partial charge in [0.2, 0.25) is 0 Å². The van der Waals surface area contributed by atoms with Crippen LogP contribution in [-0.2, 0) is 0 Å². The van der Waals surface area contributed by atoms with E-state index >= 15 is 0 Å². The summed E-state index contributed by atoms with van der Waals surface area (Å²) < 4.78 is 0. The van der Waals surface area contributed by atoms with E-state index in [-0.39, 0.29) is 12.6 Å². The molecule has 16 heteroatoms. The number of carboxylic acid groups (broad SMARTS) is 2. The van der Waals surface area contributed by atoms with Gasteiger partial charge in [0.1, 0.15) is 67.1 Å². The fourth-order valence-electron chi connectivity index (χ4n) is 4.95. The summed E-state index contributed by atoms with van der Waals surface area (Å²) in [5.74, 6) is -8.37. The smallest absolute Gasteiger partial charge is 0.337 e. The van der Waals surface area contributed by atoms with E-state index < -0.39 is 124 Å². The highest BCUT2D eigenvalue weighted by atomic mass is 16.4. The second-order valence-corrected chi connectivity index (χ2v) is 9.32. The molecule has 8 N–H and O–H groups in total. The van der Waals surface area contributed by atoms with Crippen molar-refractivity contribution in [2.24, 2.45) is 0 Å². The minimum absolute atomic E-state index is 0.0736. The maximum absolute atomic E-state index is 12.2. The Labute approximate surface area is 241 Å². The van der Waals surface area contributed by atoms with Gasteiger partial charge in [0.05, 0.1) is 33.4 Å². The Morgan fingerprint density at radius 1 is 0.477 bits per heavy atom. The first-order chi connectivity index (χ1) is 20.9. The molecule has 0 amide bonds. The molecule has 0 aliphatic rings. The first-order valence-electron chi connectivity index (χ1n) is 12.1. The number of phenolic OH excluding ortho intramolecular Hbond substituents is 6. The van der Waals surface area contributed by atoms with Gasteiger partial charge in [-0.2, -0.15) is 0 Å². The van der Waals surface area contributed by atoms with Crippen LogP contribution in [0.5, 0.6) is 34.5 Å². The molecule has 0 saturated carbocycles. The van der Waals surface area contributed by atoms with Crippen molar-refractivity contribution >= 4 is 68.6 Å². The number of carbonyl (C=O) groups is 4. The number of carboxylic acids is 2. The lowest BCUT2D eigenvalue weighted by atomic mass is 9.94. The molecule has 0 aliphatic heterocycles. The van der Waals surface area contributed by atoms with Crippen LogP contribution in [-0.4, -0.2) is 85.3 Å². The number of rotatable bonds is 5. The lowest BCUT2D eigenvalue weighted by Gasteiger charge is -2.18. The first kappa shape index (κ1) is 27.3. The van der Waals surface area contributed by atoms with Crippen LogP contribution in [0.2, 0.25) is 0 Å². The molecular formula is C28H14N4O12. The lowest BCUT2D eigenvalue weighted by molar-refractivity contribution is 0.0688. The Balaban J connectivity index is 1.81. The third kappa shape index (κ3) is 3.57. The summed E-state index contributed by atoms with van der Waals surface area (Å²) in [6, 6.07) is 4.02. The Bertz CT molecular complexity index is 2190. The average molecular weight is 598 g/mol. The maximum Gasteiger partial charge on any atom is 0.337 e. The SMILES string of the molecule is O=Cc1c(O)c(-c2c(O)c(C=O)c3nc4c(O)ccc(C(=O)O)c4nc3c2O)c(O)c2nc3c(C(=O)O)ccc(O)c3nc12. The molecule has 6 rings (SSSR count). The van der Waals surface area contributed by atoms with Crippen LogP contribution >= 0.6 is 0 Å². The fourth-order valence-corrected chi connectivity index (χ4v) is 4.95. The zero-order valence-corrected chi connectivity index (χ0v) is 21.5. The molecule has 0 atom stereocenters. The van der Waals surface area contributed by atoms with E-state index in [4.69, 9.17) is 0 Å². The molecule has 2 heterocycles. The number of hydrogen-bond acceptors (Lipinski definition) is 14. The van der Waals surface area contributed by atoms with Gasteiger partial charge < -0.3 is 40.9 Å². The van der Waals surface area contributed by atoms with Crippen molar-refractivity contribution in [2.75, 3.05) is 0 Å². The summed E-state index contributed by atoms with van der Waals surface area (Å²) in [5.41, 5.74) is -7.96. The second kappa shape index (κ2) is 9.35. The standard InChI is InChI=1S/C28H14N4O12/c33-5-9-17-21(31-15-7(27(41)42)1-3-11(35)19(15)29-17)25(39)13(23(9)37)14-24(38)10(6-34)18-22(26(14)40)32-16-8(28(43)44)2-4-12(36)20(16)30-18/h1-6,35-40H,(H,41,42)(H,43,44). The van der Waals surface area contributed by atoms with Gasteiger partial charge in [-0.3, -0.25) is 9.59 Å². The fraction of sp³-hybridized carbons (Fsp3) is 0. The minimum Gasteiger partial charge on any atom is -0.506 e. The quantitative estimate of drug-likeness (QED) is 0.105. The summed E-state index contributed by atoms with van der Waals surface area (Å²) in [6.07, 6.45) is 0.147. The van der Waals surface area contributed by atoms with Crippen LogP contribution in [0.1, 0.15) is 41.4 Å². The minimum atomic E-state index is -1.49. The van der Waals surface area contributed by atoms with Gasteiger partial charge in [0, 0.05) is 0 Å². The van der Waals surface area contributed by atoms with E-state index in [9.17, 15) is 60.0 Å². The molecule has 0 aliphatic carbocycles. The van der Waals surface area contributed by atoms with Crippen LogP contribution in [0.15, 0.2) is 24.3 Å². The van der Waals surface area contributed by atoms with Gasteiger partial charge in [-0.05, 0) is 24.3 Å². The molecule has 0 saturated heterocycles. The van der Waals surface area contributed by atoms with Gasteiger partial charge >= 0.3 is 11.9 Å². The molecule has 0 spiro atoms. The van der Waals surface area contributed by atoms with Crippen molar-refractivity contribution in [3.63, 3.8) is 0 Å². The van der Waals surface area contributed by atoms with E-state index in [2.05, 4.69) is 19.9 Å². The van der Waals surface area contributed by atoms with Gasteiger partial charge in [-0.1, -0.05) is 0 Å². The molecule has 16 nitrogen and oxygen atoms in total. The average Bonchev–Trinajstić information content (AvgIpc) is 2.98. The van der Waals surface area contributed by atoms with Gasteiger partial charge in [0.25, 0.3) is 0 Å². The normalized spacial score (nSPS) is 11.4. The Hall–Kier alpha value is -6.84. The second-order valence-electron chi connectivity index (χ2n) is 9.32. The number of aromatic nitrogens is 4. The van der Waals surface area contributed by atoms with E-state index in [0.717, 1.165) is 24.3 Å². The summed E-state index contributed by atoms with van der Waals surface area (Å²) in [7, 11) is 0. The Morgan fingerprint density at radius 3 is 1.14 bits per heavy atom. The van der Waals surface area contributed by atoms with Crippen LogP contribution < -0.4 is 0 Å². The van der Waals surface area contributed by atoms with Crippen LogP contribution in [0, 0.1) is 0 Å². The molecule has 0 radical (unpaired) electrons. The molecule has 218 valence electrons. The zero-order chi connectivity index (χ0) is 31.8. The summed E-state index contributed by atoms with van der Waals surface area (Å²) in [4.78, 5) is 64.1. The number of aromatic carboxylic acids is 2. The third-order valence-corrected chi connectivity index (χ3v) is 6.97. The van der Waals surface area contributed by atoms with Gasteiger partial charge in [-0.25, -0.2) is 29.5 Å². The van der Waals surface area contributed by atoms with E-state index in [1.807, 2.05) is 0 Å². The largest absolute Gasteiger partial charge is 0.506 e. The van der Waals surface area contributed by atoms with E-state index in [1.165, 1.54) is 0 Å². The highest BCUT2D eigenvalue weighted by Gasteiger charge is 2.31. The van der Waals surface area contributed by atoms with E-state index in [1.54, 1.807) is 0 Å². The number of aldehydes is 2. The number of phenols is 6. The van der Waals surface area contributed by atoms with Gasteiger partial charge in [0.15, 0.2) is 24.1 Å². The van der Waals surface area contributed by atoms with Crippen molar-refractivity contribution in [1.29, 1.82) is 0 Å². The van der Waals surface area contributed by atoms with Crippen molar-refractivity contribution < 1.29 is 60.0 Å². The topological polar surface area (TPSA) is 282 Å². The predicted octanol–water partition coefficient (Wildman–Crippen LogP) is 2.80. The van der Waals surface area contributed by atoms with Crippen molar-refractivity contribution in [2.45, 2.75) is 0 Å². The first-order valence-corrected chi connectivity index (χ1v) is 12.1. The highest BCUT2D eigenvalue weighted by Crippen LogP contribution is 2.53. The van der Waals surface area contributed by atoms with Crippen LogP contribution in [0.25, 0.3) is 55.3 Å². The Morgan fingerprint density at radius 2 is 0.818 bits per heavy atom. The maximum atomic E-state index is 12.2. The molecule has 4 aromatic carbocycles. The van der Waals surface area contributed by atoms with Crippen molar-refractivity contribution in [3.05, 3.63) is 46.5 Å². The van der Waals surface area contributed by atoms with E-state index in [0.29, 0.717) is 0 Å². The van der Waals surface area contributed by atoms with Crippen LogP contribution in [0.3, 0.4) is 0 Å². The molecule has 44 heavy (non-hydrogen) atoms. The van der Waals surface area contributed by atoms with Gasteiger partial charge in [-0.15, -0.1) is 0 Å². The number of benzene rings is 4. The number of carbonyl (C=O) groups excluding carboxylic acids is 2. The number of aromatic hydroxyl groups is 6.